The van der Waals surface area contributed by atoms with Gasteiger partial charge in [-0.15, -0.1) is 0 Å². The van der Waals surface area contributed by atoms with Crippen molar-refractivity contribution < 1.29 is 14.3 Å². The van der Waals surface area contributed by atoms with E-state index in [9.17, 15) is 9.59 Å². The number of carbonyl (C=O) groups is 2. The van der Waals surface area contributed by atoms with Gasteiger partial charge in [0.15, 0.2) is 5.60 Å². The molecule has 0 bridgehead atoms. The zero-order valence-electron chi connectivity index (χ0n) is 14.1. The van der Waals surface area contributed by atoms with Gasteiger partial charge in [0.05, 0.1) is 13.2 Å². The number of aromatic nitrogens is 1. The first kappa shape index (κ1) is 17.1. The Bertz CT molecular complexity index is 778. The Morgan fingerprint density at radius 2 is 2.04 bits per heavy atom. The molecule has 1 aliphatic rings. The standard InChI is InChI=1S/C19H21N3O3/c1-19(18(20)24)13-22(9-10-25-19)17(23)15-7-8-21-16(12-15)11-14-5-3-2-4-6-14/h2-8,12H,9-11,13H2,1H3,(H2,20,24)/t19-/m0/s1. The van der Waals surface area contributed by atoms with Gasteiger partial charge in [0.25, 0.3) is 11.8 Å². The molecule has 1 aliphatic heterocycles. The summed E-state index contributed by atoms with van der Waals surface area (Å²) in [6, 6.07) is 13.4. The van der Waals surface area contributed by atoms with Crippen LogP contribution in [-0.2, 0) is 16.0 Å². The molecule has 1 aromatic carbocycles. The minimum atomic E-state index is -1.15. The molecular weight excluding hydrogens is 318 g/mol. The van der Waals surface area contributed by atoms with Gasteiger partial charge in [-0.2, -0.15) is 0 Å². The Morgan fingerprint density at radius 3 is 2.76 bits per heavy atom. The summed E-state index contributed by atoms with van der Waals surface area (Å²) in [5, 5.41) is 0. The molecule has 0 aliphatic carbocycles. The number of hydrogen-bond acceptors (Lipinski definition) is 4. The minimum Gasteiger partial charge on any atom is -0.367 e. The van der Waals surface area contributed by atoms with Crippen LogP contribution in [0.5, 0.6) is 0 Å². The predicted octanol–water partition coefficient (Wildman–Crippen LogP) is 1.39. The number of rotatable bonds is 4. The molecule has 0 radical (unpaired) electrons. The van der Waals surface area contributed by atoms with Crippen LogP contribution in [0.2, 0.25) is 0 Å². The zero-order chi connectivity index (χ0) is 17.9. The quantitative estimate of drug-likeness (QED) is 0.912. The fourth-order valence-electron chi connectivity index (χ4n) is 2.89. The third-order valence-corrected chi connectivity index (χ3v) is 4.37. The lowest BCUT2D eigenvalue weighted by molar-refractivity contribution is -0.150. The maximum Gasteiger partial charge on any atom is 0.254 e. The molecule has 3 rings (SSSR count). The molecule has 1 aromatic heterocycles. The van der Waals surface area contributed by atoms with Gasteiger partial charge in [-0.25, -0.2) is 0 Å². The number of pyridine rings is 1. The molecule has 1 fully saturated rings. The third kappa shape index (κ3) is 3.85. The molecular formula is C19H21N3O3. The average molecular weight is 339 g/mol. The smallest absolute Gasteiger partial charge is 0.254 e. The van der Waals surface area contributed by atoms with Crippen molar-refractivity contribution in [1.29, 1.82) is 0 Å². The van der Waals surface area contributed by atoms with E-state index in [1.807, 2.05) is 30.3 Å². The molecule has 2 N–H and O–H groups in total. The van der Waals surface area contributed by atoms with Gasteiger partial charge in [-0.1, -0.05) is 30.3 Å². The molecule has 130 valence electrons. The lowest BCUT2D eigenvalue weighted by Crippen LogP contribution is -2.58. The van der Waals surface area contributed by atoms with E-state index in [2.05, 4.69) is 4.98 Å². The first-order valence-electron chi connectivity index (χ1n) is 8.20. The Labute approximate surface area is 146 Å². The van der Waals surface area contributed by atoms with E-state index in [0.29, 0.717) is 18.5 Å². The van der Waals surface area contributed by atoms with Crippen LogP contribution in [0.4, 0.5) is 0 Å². The molecule has 6 heteroatoms. The molecule has 0 spiro atoms. The van der Waals surface area contributed by atoms with Gasteiger partial charge in [-0.3, -0.25) is 14.6 Å². The second kappa shape index (κ2) is 7.03. The highest BCUT2D eigenvalue weighted by Crippen LogP contribution is 2.19. The number of ether oxygens (including phenoxy) is 1. The second-order valence-electron chi connectivity index (χ2n) is 6.37. The van der Waals surface area contributed by atoms with Crippen molar-refractivity contribution in [3.63, 3.8) is 0 Å². The number of primary amides is 1. The van der Waals surface area contributed by atoms with Crippen molar-refractivity contribution >= 4 is 11.8 Å². The van der Waals surface area contributed by atoms with Crippen molar-refractivity contribution in [3.05, 3.63) is 65.5 Å². The van der Waals surface area contributed by atoms with Gasteiger partial charge in [0.1, 0.15) is 0 Å². The summed E-state index contributed by atoms with van der Waals surface area (Å²) >= 11 is 0. The van der Waals surface area contributed by atoms with Gasteiger partial charge < -0.3 is 15.4 Å². The SMILES string of the molecule is C[C@@]1(C(N)=O)CN(C(=O)c2ccnc(Cc3ccccc3)c2)CCO1. The number of carbonyl (C=O) groups excluding carboxylic acids is 2. The van der Waals surface area contributed by atoms with Gasteiger partial charge in [0.2, 0.25) is 0 Å². The summed E-state index contributed by atoms with van der Waals surface area (Å²) < 4.78 is 5.47. The minimum absolute atomic E-state index is 0.146. The summed E-state index contributed by atoms with van der Waals surface area (Å²) in [5.74, 6) is -0.711. The maximum absolute atomic E-state index is 12.8. The van der Waals surface area contributed by atoms with Crippen molar-refractivity contribution in [2.75, 3.05) is 19.7 Å². The largest absolute Gasteiger partial charge is 0.367 e. The van der Waals surface area contributed by atoms with Crippen LogP contribution < -0.4 is 5.73 Å². The Hall–Kier alpha value is -2.73. The van der Waals surface area contributed by atoms with Crippen molar-refractivity contribution in [1.82, 2.24) is 9.88 Å². The molecule has 0 saturated carbocycles. The summed E-state index contributed by atoms with van der Waals surface area (Å²) in [4.78, 5) is 30.3. The lowest BCUT2D eigenvalue weighted by atomic mass is 10.0. The monoisotopic (exact) mass is 339 g/mol. The molecule has 6 nitrogen and oxygen atoms in total. The lowest BCUT2D eigenvalue weighted by Gasteiger charge is -2.38. The fraction of sp³-hybridized carbons (Fsp3) is 0.316. The van der Waals surface area contributed by atoms with Gasteiger partial charge >= 0.3 is 0 Å². The molecule has 2 heterocycles. The van der Waals surface area contributed by atoms with Crippen LogP contribution >= 0.6 is 0 Å². The van der Waals surface area contributed by atoms with Crippen LogP contribution in [-0.4, -0.2) is 47.0 Å². The number of morpholine rings is 1. The van der Waals surface area contributed by atoms with Gasteiger partial charge in [-0.05, 0) is 24.6 Å². The second-order valence-corrected chi connectivity index (χ2v) is 6.37. The van der Waals surface area contributed by atoms with E-state index in [4.69, 9.17) is 10.5 Å². The van der Waals surface area contributed by atoms with E-state index >= 15 is 0 Å². The molecule has 25 heavy (non-hydrogen) atoms. The number of nitrogens with zero attached hydrogens (tertiary/aromatic N) is 2. The zero-order valence-corrected chi connectivity index (χ0v) is 14.1. The van der Waals surface area contributed by atoms with E-state index in [0.717, 1.165) is 11.3 Å². The van der Waals surface area contributed by atoms with Crippen molar-refractivity contribution in [3.8, 4) is 0 Å². The predicted molar refractivity (Wildman–Crippen MR) is 92.9 cm³/mol. The highest BCUT2D eigenvalue weighted by molar-refractivity contribution is 5.95. The van der Waals surface area contributed by atoms with E-state index in [1.165, 1.54) is 0 Å². The first-order valence-corrected chi connectivity index (χ1v) is 8.20. The topological polar surface area (TPSA) is 85.5 Å². The summed E-state index contributed by atoms with van der Waals surface area (Å²) in [5.41, 5.74) is 6.76. The van der Waals surface area contributed by atoms with E-state index in [1.54, 1.807) is 30.2 Å². The Morgan fingerprint density at radius 1 is 1.28 bits per heavy atom. The molecule has 2 aromatic rings. The van der Waals surface area contributed by atoms with Crippen LogP contribution in [0, 0.1) is 0 Å². The number of hydrogen-bond donors (Lipinski definition) is 1. The fourth-order valence-corrected chi connectivity index (χ4v) is 2.89. The molecule has 2 amide bonds. The van der Waals surface area contributed by atoms with Gasteiger partial charge in [0, 0.05) is 30.4 Å². The van der Waals surface area contributed by atoms with Crippen LogP contribution in [0.25, 0.3) is 0 Å². The van der Waals surface area contributed by atoms with Crippen molar-refractivity contribution in [2.24, 2.45) is 5.73 Å². The normalized spacial score (nSPS) is 20.3. The first-order chi connectivity index (χ1) is 12.0. The molecule has 1 atom stereocenters. The Balaban J connectivity index is 1.76. The van der Waals surface area contributed by atoms with Crippen molar-refractivity contribution in [2.45, 2.75) is 18.9 Å². The van der Waals surface area contributed by atoms with Crippen LogP contribution in [0.1, 0.15) is 28.5 Å². The number of nitrogens with two attached hydrogens (primary N) is 1. The maximum atomic E-state index is 12.8. The number of benzene rings is 1. The highest BCUT2D eigenvalue weighted by Gasteiger charge is 2.39. The Kier molecular flexibility index (Phi) is 4.81. The highest BCUT2D eigenvalue weighted by atomic mass is 16.5. The van der Waals surface area contributed by atoms with Crippen LogP contribution in [0.3, 0.4) is 0 Å². The summed E-state index contributed by atoms with van der Waals surface area (Å²) in [6.45, 7) is 2.48. The molecule has 0 unspecified atom stereocenters. The number of amides is 2. The van der Waals surface area contributed by atoms with E-state index < -0.39 is 11.5 Å². The average Bonchev–Trinajstić information content (AvgIpc) is 2.62. The van der Waals surface area contributed by atoms with Crippen LogP contribution in [0.15, 0.2) is 48.7 Å². The molecule has 1 saturated heterocycles. The third-order valence-electron chi connectivity index (χ3n) is 4.37. The summed E-state index contributed by atoms with van der Waals surface area (Å²) in [6.07, 6.45) is 2.29. The summed E-state index contributed by atoms with van der Waals surface area (Å²) in [7, 11) is 0. The van der Waals surface area contributed by atoms with E-state index in [-0.39, 0.29) is 19.1 Å².